The topological polar surface area (TPSA) is 15.3 Å². The summed E-state index contributed by atoms with van der Waals surface area (Å²) in [6.45, 7) is 15.7. The summed E-state index contributed by atoms with van der Waals surface area (Å²) >= 11 is 0. The SMILES string of the molecule is C=CCN(c1cc(C)c(F)cc1C(C)NCC)C(C)C. The summed E-state index contributed by atoms with van der Waals surface area (Å²) in [5.41, 5.74) is 2.78. The minimum atomic E-state index is -0.143. The zero-order valence-corrected chi connectivity index (χ0v) is 13.3. The maximum Gasteiger partial charge on any atom is 0.126 e. The number of aryl methyl sites for hydroxylation is 1. The quantitative estimate of drug-likeness (QED) is 0.752. The third-order valence-corrected chi connectivity index (χ3v) is 3.54. The average molecular weight is 278 g/mol. The molecule has 0 saturated heterocycles. The van der Waals surface area contributed by atoms with Gasteiger partial charge in [-0.3, -0.25) is 0 Å². The average Bonchev–Trinajstić information content (AvgIpc) is 2.38. The van der Waals surface area contributed by atoms with E-state index in [1.54, 1.807) is 6.07 Å². The molecular weight excluding hydrogens is 251 g/mol. The Hall–Kier alpha value is -1.35. The second-order valence-corrected chi connectivity index (χ2v) is 5.47. The zero-order valence-electron chi connectivity index (χ0n) is 13.3. The molecule has 0 aliphatic carbocycles. The van der Waals surface area contributed by atoms with Crippen LogP contribution in [0.1, 0.15) is 44.9 Å². The minimum absolute atomic E-state index is 0.121. The number of anilines is 1. The number of benzene rings is 1. The first-order chi connectivity index (χ1) is 9.42. The van der Waals surface area contributed by atoms with E-state index in [0.717, 1.165) is 24.3 Å². The Morgan fingerprint density at radius 1 is 1.35 bits per heavy atom. The molecule has 1 aromatic carbocycles. The third-order valence-electron chi connectivity index (χ3n) is 3.54. The molecule has 1 rings (SSSR count). The molecule has 0 heterocycles. The number of nitrogens with zero attached hydrogens (tertiary/aromatic N) is 1. The van der Waals surface area contributed by atoms with Crippen LogP contribution in [0.4, 0.5) is 10.1 Å². The summed E-state index contributed by atoms with van der Waals surface area (Å²) < 4.78 is 13.9. The molecule has 0 amide bonds. The molecule has 0 saturated carbocycles. The second kappa shape index (κ2) is 7.44. The van der Waals surface area contributed by atoms with Gasteiger partial charge in [0.15, 0.2) is 0 Å². The third kappa shape index (κ3) is 3.83. The van der Waals surface area contributed by atoms with Gasteiger partial charge in [-0.15, -0.1) is 6.58 Å². The molecule has 20 heavy (non-hydrogen) atoms. The lowest BCUT2D eigenvalue weighted by Gasteiger charge is -2.32. The van der Waals surface area contributed by atoms with Crippen LogP contribution in [0.3, 0.4) is 0 Å². The molecule has 0 fully saturated rings. The Kier molecular flexibility index (Phi) is 6.21. The van der Waals surface area contributed by atoms with Crippen molar-refractivity contribution in [2.45, 2.75) is 46.7 Å². The molecule has 1 unspecified atom stereocenters. The van der Waals surface area contributed by atoms with Gasteiger partial charge in [0, 0.05) is 24.3 Å². The molecule has 2 nitrogen and oxygen atoms in total. The highest BCUT2D eigenvalue weighted by Crippen LogP contribution is 2.30. The molecule has 0 spiro atoms. The highest BCUT2D eigenvalue weighted by Gasteiger charge is 2.19. The van der Waals surface area contributed by atoms with Crippen molar-refractivity contribution in [2.75, 3.05) is 18.0 Å². The van der Waals surface area contributed by atoms with Crippen molar-refractivity contribution in [3.8, 4) is 0 Å². The summed E-state index contributed by atoms with van der Waals surface area (Å²) in [4.78, 5) is 2.25. The van der Waals surface area contributed by atoms with Gasteiger partial charge in [-0.1, -0.05) is 13.0 Å². The van der Waals surface area contributed by atoms with E-state index in [9.17, 15) is 4.39 Å². The van der Waals surface area contributed by atoms with Crippen molar-refractivity contribution < 1.29 is 4.39 Å². The fourth-order valence-corrected chi connectivity index (χ4v) is 2.42. The van der Waals surface area contributed by atoms with E-state index in [1.165, 1.54) is 0 Å². The van der Waals surface area contributed by atoms with Crippen molar-refractivity contribution in [3.63, 3.8) is 0 Å². The van der Waals surface area contributed by atoms with Crippen LogP contribution in [-0.2, 0) is 0 Å². The van der Waals surface area contributed by atoms with E-state index in [2.05, 4.69) is 44.5 Å². The van der Waals surface area contributed by atoms with Gasteiger partial charge in [0.05, 0.1) is 0 Å². The predicted octanol–water partition coefficient (Wildman–Crippen LogP) is 4.21. The number of rotatable bonds is 7. The fourth-order valence-electron chi connectivity index (χ4n) is 2.42. The van der Waals surface area contributed by atoms with Gasteiger partial charge >= 0.3 is 0 Å². The molecule has 3 heteroatoms. The normalized spacial score (nSPS) is 12.6. The van der Waals surface area contributed by atoms with Gasteiger partial charge in [0.2, 0.25) is 0 Å². The Morgan fingerprint density at radius 2 is 2.00 bits per heavy atom. The van der Waals surface area contributed by atoms with Gasteiger partial charge in [0.25, 0.3) is 0 Å². The number of nitrogens with one attached hydrogen (secondary N) is 1. The Bertz CT molecular complexity index is 455. The zero-order chi connectivity index (χ0) is 15.3. The molecule has 0 radical (unpaired) electrons. The lowest BCUT2D eigenvalue weighted by Crippen LogP contribution is -2.33. The first-order valence-electron chi connectivity index (χ1n) is 7.33. The molecule has 112 valence electrons. The maximum absolute atomic E-state index is 13.9. The molecule has 1 atom stereocenters. The van der Waals surface area contributed by atoms with Crippen molar-refractivity contribution in [1.29, 1.82) is 0 Å². The summed E-state index contributed by atoms with van der Waals surface area (Å²) in [5, 5.41) is 3.37. The maximum atomic E-state index is 13.9. The summed E-state index contributed by atoms with van der Waals surface area (Å²) in [6, 6.07) is 4.07. The van der Waals surface area contributed by atoms with Gasteiger partial charge in [-0.25, -0.2) is 4.39 Å². The Balaban J connectivity index is 3.33. The Morgan fingerprint density at radius 3 is 2.50 bits per heavy atom. The summed E-state index contributed by atoms with van der Waals surface area (Å²) in [6.07, 6.45) is 1.89. The standard InChI is InChI=1S/C17H27FN2/c1-7-9-20(12(3)4)17-10-13(5)16(18)11-15(17)14(6)19-8-2/h7,10-12,14,19H,1,8-9H2,2-6H3. The van der Waals surface area contributed by atoms with Crippen LogP contribution in [0, 0.1) is 12.7 Å². The second-order valence-electron chi connectivity index (χ2n) is 5.47. The van der Waals surface area contributed by atoms with E-state index >= 15 is 0 Å². The van der Waals surface area contributed by atoms with E-state index < -0.39 is 0 Å². The Labute approximate surface area is 122 Å². The van der Waals surface area contributed by atoms with Crippen LogP contribution >= 0.6 is 0 Å². The van der Waals surface area contributed by atoms with E-state index in [4.69, 9.17) is 0 Å². The van der Waals surface area contributed by atoms with E-state index in [0.29, 0.717) is 11.6 Å². The lowest BCUT2D eigenvalue weighted by molar-refractivity contribution is 0.575. The van der Waals surface area contributed by atoms with E-state index in [1.807, 2.05) is 19.1 Å². The van der Waals surface area contributed by atoms with Crippen LogP contribution in [0.25, 0.3) is 0 Å². The number of hydrogen-bond donors (Lipinski definition) is 1. The molecular formula is C17H27FN2. The van der Waals surface area contributed by atoms with Crippen molar-refractivity contribution in [3.05, 3.63) is 41.7 Å². The predicted molar refractivity (Wildman–Crippen MR) is 85.9 cm³/mol. The van der Waals surface area contributed by atoms with Crippen LogP contribution in [0.15, 0.2) is 24.8 Å². The summed E-state index contributed by atoms with van der Waals surface area (Å²) in [5.74, 6) is -0.143. The number of hydrogen-bond acceptors (Lipinski definition) is 2. The highest BCUT2D eigenvalue weighted by atomic mass is 19.1. The van der Waals surface area contributed by atoms with Crippen LogP contribution in [-0.4, -0.2) is 19.1 Å². The molecule has 1 N–H and O–H groups in total. The minimum Gasteiger partial charge on any atom is -0.365 e. The van der Waals surface area contributed by atoms with E-state index in [-0.39, 0.29) is 11.9 Å². The van der Waals surface area contributed by atoms with Gasteiger partial charge in [-0.2, -0.15) is 0 Å². The molecule has 0 aromatic heterocycles. The van der Waals surface area contributed by atoms with Crippen LogP contribution < -0.4 is 10.2 Å². The molecule has 0 aliphatic rings. The molecule has 1 aromatic rings. The first-order valence-corrected chi connectivity index (χ1v) is 7.33. The van der Waals surface area contributed by atoms with Crippen molar-refractivity contribution in [1.82, 2.24) is 5.32 Å². The highest BCUT2D eigenvalue weighted by molar-refractivity contribution is 5.58. The largest absolute Gasteiger partial charge is 0.365 e. The smallest absolute Gasteiger partial charge is 0.126 e. The lowest BCUT2D eigenvalue weighted by atomic mass is 10.0. The van der Waals surface area contributed by atoms with Gasteiger partial charge < -0.3 is 10.2 Å². The molecule has 0 aliphatic heterocycles. The van der Waals surface area contributed by atoms with Crippen LogP contribution in [0.2, 0.25) is 0 Å². The number of halogens is 1. The van der Waals surface area contributed by atoms with Crippen molar-refractivity contribution >= 4 is 5.69 Å². The monoisotopic (exact) mass is 278 g/mol. The first kappa shape index (κ1) is 16.7. The van der Waals surface area contributed by atoms with Crippen LogP contribution in [0.5, 0.6) is 0 Å². The fraction of sp³-hybridized carbons (Fsp3) is 0.529. The van der Waals surface area contributed by atoms with Gasteiger partial charge in [0.1, 0.15) is 5.82 Å². The van der Waals surface area contributed by atoms with Gasteiger partial charge in [-0.05, 0) is 57.5 Å². The summed E-state index contributed by atoms with van der Waals surface area (Å²) in [7, 11) is 0. The molecule has 0 bridgehead atoms. The van der Waals surface area contributed by atoms with Crippen molar-refractivity contribution in [2.24, 2.45) is 0 Å².